The number of likely N-dealkylation sites (tertiary alicyclic amines) is 1. The maximum atomic E-state index is 13.0. The number of nitrogens with one attached hydrogen (secondary N) is 1. The summed E-state index contributed by atoms with van der Waals surface area (Å²) in [6.45, 7) is 7.52. The lowest BCUT2D eigenvalue weighted by Gasteiger charge is -2.32. The molecular weight excluding hydrogens is 318 g/mol. The summed E-state index contributed by atoms with van der Waals surface area (Å²) in [5, 5.41) is 11.9. The number of aromatic amines is 1. The van der Waals surface area contributed by atoms with Gasteiger partial charge in [0, 0.05) is 31.3 Å². The van der Waals surface area contributed by atoms with E-state index in [-0.39, 0.29) is 18.1 Å². The van der Waals surface area contributed by atoms with Crippen LogP contribution in [0.25, 0.3) is 0 Å². The van der Waals surface area contributed by atoms with Crippen LogP contribution in [-0.2, 0) is 11.2 Å². The highest BCUT2D eigenvalue weighted by Gasteiger charge is 2.33. The van der Waals surface area contributed by atoms with Crippen molar-refractivity contribution in [3.8, 4) is 0 Å². The van der Waals surface area contributed by atoms with E-state index in [4.69, 9.17) is 4.74 Å². The van der Waals surface area contributed by atoms with Crippen molar-refractivity contribution in [1.82, 2.24) is 24.9 Å². The Morgan fingerprint density at radius 2 is 2.08 bits per heavy atom. The van der Waals surface area contributed by atoms with Crippen molar-refractivity contribution in [3.63, 3.8) is 0 Å². The second-order valence-electron chi connectivity index (χ2n) is 7.22. The molecular formula is C18H25N5O2. The molecule has 25 heavy (non-hydrogen) atoms. The van der Waals surface area contributed by atoms with E-state index in [0.717, 1.165) is 49.3 Å². The number of aromatic nitrogens is 4. The van der Waals surface area contributed by atoms with Crippen LogP contribution in [0.2, 0.25) is 0 Å². The van der Waals surface area contributed by atoms with Crippen LogP contribution in [0.5, 0.6) is 0 Å². The van der Waals surface area contributed by atoms with Gasteiger partial charge in [0.1, 0.15) is 0 Å². The van der Waals surface area contributed by atoms with E-state index >= 15 is 0 Å². The third kappa shape index (κ3) is 2.97. The number of hydrogen-bond donors (Lipinski definition) is 1. The lowest BCUT2D eigenvalue weighted by molar-refractivity contribution is -0.00703. The molecule has 2 aromatic heterocycles. The largest absolute Gasteiger partial charge is 0.369 e. The van der Waals surface area contributed by atoms with Crippen molar-refractivity contribution in [3.05, 3.63) is 34.9 Å². The van der Waals surface area contributed by atoms with Crippen LogP contribution in [0.3, 0.4) is 0 Å². The molecule has 4 heterocycles. The fourth-order valence-electron chi connectivity index (χ4n) is 3.97. The van der Waals surface area contributed by atoms with Gasteiger partial charge < -0.3 is 9.64 Å². The van der Waals surface area contributed by atoms with Gasteiger partial charge in [0.2, 0.25) is 0 Å². The highest BCUT2D eigenvalue weighted by atomic mass is 16.5. The Morgan fingerprint density at radius 1 is 1.32 bits per heavy atom. The highest BCUT2D eigenvalue weighted by Crippen LogP contribution is 2.31. The minimum Gasteiger partial charge on any atom is -0.369 e. The SMILES string of the molecule is Cc1ccn(C2CCN(C(=O)c3n[nH]c4c3C[C@@H](C)O[C@H]4C)CC2)n1. The van der Waals surface area contributed by atoms with Gasteiger partial charge in [-0.25, -0.2) is 0 Å². The van der Waals surface area contributed by atoms with Gasteiger partial charge in [-0.15, -0.1) is 0 Å². The minimum atomic E-state index is -0.0402. The highest BCUT2D eigenvalue weighted by molar-refractivity contribution is 5.94. The third-order valence-corrected chi connectivity index (χ3v) is 5.30. The summed E-state index contributed by atoms with van der Waals surface area (Å²) < 4.78 is 7.85. The molecule has 0 bridgehead atoms. The number of nitrogens with zero attached hydrogens (tertiary/aromatic N) is 4. The molecule has 2 aliphatic heterocycles. The van der Waals surface area contributed by atoms with Crippen molar-refractivity contribution >= 4 is 5.91 Å². The lowest BCUT2D eigenvalue weighted by Crippen LogP contribution is -2.40. The fourth-order valence-corrected chi connectivity index (χ4v) is 3.97. The van der Waals surface area contributed by atoms with Gasteiger partial charge in [-0.2, -0.15) is 10.2 Å². The zero-order chi connectivity index (χ0) is 17.6. The Morgan fingerprint density at radius 3 is 2.76 bits per heavy atom. The number of H-pyrrole nitrogens is 1. The van der Waals surface area contributed by atoms with E-state index in [1.165, 1.54) is 0 Å². The summed E-state index contributed by atoms with van der Waals surface area (Å²) in [4.78, 5) is 14.9. The number of ether oxygens (including phenoxy) is 1. The Balaban J connectivity index is 1.46. The van der Waals surface area contributed by atoms with E-state index in [9.17, 15) is 4.79 Å². The summed E-state index contributed by atoms with van der Waals surface area (Å²) in [6.07, 6.45) is 4.69. The van der Waals surface area contributed by atoms with Gasteiger partial charge in [0.05, 0.1) is 29.6 Å². The molecule has 0 saturated carbocycles. The number of carbonyl (C=O) groups excluding carboxylic acids is 1. The Hall–Kier alpha value is -2.15. The number of fused-ring (bicyclic) bond motifs is 1. The molecule has 1 saturated heterocycles. The van der Waals surface area contributed by atoms with Crippen molar-refractivity contribution in [2.24, 2.45) is 0 Å². The average molecular weight is 343 g/mol. The molecule has 2 atom stereocenters. The summed E-state index contributed by atoms with van der Waals surface area (Å²) >= 11 is 0. The van der Waals surface area contributed by atoms with E-state index in [1.54, 1.807) is 0 Å². The van der Waals surface area contributed by atoms with E-state index in [1.807, 2.05) is 42.6 Å². The summed E-state index contributed by atoms with van der Waals surface area (Å²) in [5.41, 5.74) is 3.59. The topological polar surface area (TPSA) is 76.0 Å². The van der Waals surface area contributed by atoms with Gasteiger partial charge in [0.25, 0.3) is 5.91 Å². The standard InChI is InChI=1S/C18H25N5O2/c1-11-4-9-23(21-11)14-5-7-22(8-6-14)18(24)17-15-10-12(2)25-13(3)16(15)19-20-17/h4,9,12-14H,5-8,10H2,1-3H3,(H,19,20)/t12-,13+/m1/s1. The van der Waals surface area contributed by atoms with Gasteiger partial charge in [-0.1, -0.05) is 0 Å². The van der Waals surface area contributed by atoms with Crippen LogP contribution in [0.15, 0.2) is 12.3 Å². The number of amides is 1. The predicted molar refractivity (Wildman–Crippen MR) is 92.4 cm³/mol. The first kappa shape index (κ1) is 16.3. The number of carbonyl (C=O) groups is 1. The van der Waals surface area contributed by atoms with Crippen LogP contribution in [-0.4, -0.2) is 50.0 Å². The Bertz CT molecular complexity index is 772. The molecule has 1 amide bonds. The average Bonchev–Trinajstić information content (AvgIpc) is 3.21. The fraction of sp³-hybridized carbons (Fsp3) is 0.611. The zero-order valence-electron chi connectivity index (χ0n) is 15.0. The number of rotatable bonds is 2. The molecule has 2 aliphatic rings. The van der Waals surface area contributed by atoms with E-state index in [2.05, 4.69) is 15.3 Å². The van der Waals surface area contributed by atoms with Crippen molar-refractivity contribution in [2.75, 3.05) is 13.1 Å². The third-order valence-electron chi connectivity index (χ3n) is 5.30. The first-order valence-corrected chi connectivity index (χ1v) is 9.06. The molecule has 2 aromatic rings. The normalized spacial score (nSPS) is 24.4. The summed E-state index contributed by atoms with van der Waals surface area (Å²) in [7, 11) is 0. The summed E-state index contributed by atoms with van der Waals surface area (Å²) in [6, 6.07) is 2.40. The van der Waals surface area contributed by atoms with E-state index < -0.39 is 0 Å². The van der Waals surface area contributed by atoms with E-state index in [0.29, 0.717) is 11.7 Å². The smallest absolute Gasteiger partial charge is 0.274 e. The van der Waals surface area contributed by atoms with Crippen LogP contribution in [0.4, 0.5) is 0 Å². The van der Waals surface area contributed by atoms with Crippen LogP contribution in [0, 0.1) is 6.92 Å². The van der Waals surface area contributed by atoms with Gasteiger partial charge in [-0.3, -0.25) is 14.6 Å². The first-order chi connectivity index (χ1) is 12.0. The molecule has 1 N–H and O–H groups in total. The predicted octanol–water partition coefficient (Wildman–Crippen LogP) is 2.41. The van der Waals surface area contributed by atoms with Crippen molar-refractivity contribution in [2.45, 2.75) is 58.3 Å². The number of piperidine rings is 1. The van der Waals surface area contributed by atoms with Gasteiger partial charge in [0.15, 0.2) is 5.69 Å². The minimum absolute atomic E-state index is 0.0360. The molecule has 7 heteroatoms. The maximum Gasteiger partial charge on any atom is 0.274 e. The summed E-state index contributed by atoms with van der Waals surface area (Å²) in [5.74, 6) is 0.0360. The molecule has 0 aliphatic carbocycles. The molecule has 0 unspecified atom stereocenters. The van der Waals surface area contributed by atoms with Gasteiger partial charge in [-0.05, 0) is 39.7 Å². The second kappa shape index (κ2) is 6.29. The van der Waals surface area contributed by atoms with Crippen LogP contribution in [0.1, 0.15) is 66.3 Å². The molecule has 4 rings (SSSR count). The van der Waals surface area contributed by atoms with Crippen molar-refractivity contribution < 1.29 is 9.53 Å². The first-order valence-electron chi connectivity index (χ1n) is 9.06. The molecule has 0 aromatic carbocycles. The monoisotopic (exact) mass is 343 g/mol. The van der Waals surface area contributed by atoms with Crippen molar-refractivity contribution in [1.29, 1.82) is 0 Å². The Labute approximate surface area is 147 Å². The van der Waals surface area contributed by atoms with Crippen LogP contribution < -0.4 is 0 Å². The second-order valence-corrected chi connectivity index (χ2v) is 7.22. The lowest BCUT2D eigenvalue weighted by atomic mass is 9.98. The van der Waals surface area contributed by atoms with Crippen LogP contribution >= 0.6 is 0 Å². The Kier molecular flexibility index (Phi) is 4.11. The zero-order valence-corrected chi connectivity index (χ0v) is 15.0. The number of aryl methyl sites for hydroxylation is 1. The number of hydrogen-bond acceptors (Lipinski definition) is 4. The maximum absolute atomic E-state index is 13.0. The molecule has 1 fully saturated rings. The molecule has 0 radical (unpaired) electrons. The quantitative estimate of drug-likeness (QED) is 0.908. The molecule has 7 nitrogen and oxygen atoms in total. The molecule has 134 valence electrons. The van der Waals surface area contributed by atoms with Gasteiger partial charge >= 0.3 is 0 Å². The molecule has 0 spiro atoms.